The zero-order chi connectivity index (χ0) is 13.4. The van der Waals surface area contributed by atoms with E-state index in [9.17, 15) is 35.5 Å². The summed E-state index contributed by atoms with van der Waals surface area (Å²) in [7, 11) is -3.34. The average Bonchev–Trinajstić information content (AvgIpc) is 1.97. The van der Waals surface area contributed by atoms with E-state index < -0.39 is 38.8 Å². The van der Waals surface area contributed by atoms with Crippen LogP contribution in [0.25, 0.3) is 0 Å². The molecule has 0 heterocycles. The van der Waals surface area contributed by atoms with Gasteiger partial charge in [0.25, 0.3) is 0 Å². The van der Waals surface area contributed by atoms with Crippen LogP contribution < -0.4 is 0 Å². The average molecular weight is 271 g/mol. The number of rotatable bonds is 4. The Morgan fingerprint density at radius 2 is 1.31 bits per heavy atom. The Morgan fingerprint density at radius 1 is 0.938 bits per heavy atom. The summed E-state index contributed by atoms with van der Waals surface area (Å²) in [5.41, 5.74) is 0. The second-order valence-corrected chi connectivity index (χ2v) is 8.06. The standard InChI is InChI=1S/C7H10F7OSi/c1-16(2,15)4-3-5(8,9)6(10,11)7(12,13)14/h3-4H2,1-2H3. The van der Waals surface area contributed by atoms with E-state index in [4.69, 9.17) is 0 Å². The molecule has 0 aromatic rings. The minimum Gasteiger partial charge on any atom is -0.298 e. The van der Waals surface area contributed by atoms with Crippen LogP contribution in [0.3, 0.4) is 0 Å². The molecular weight excluding hydrogens is 261 g/mol. The lowest BCUT2D eigenvalue weighted by atomic mass is 10.1. The molecule has 0 aromatic carbocycles. The van der Waals surface area contributed by atoms with Crippen molar-refractivity contribution in [1.29, 1.82) is 0 Å². The van der Waals surface area contributed by atoms with Crippen LogP contribution in [0.4, 0.5) is 30.7 Å². The molecule has 0 aromatic heterocycles. The van der Waals surface area contributed by atoms with Crippen molar-refractivity contribution in [1.82, 2.24) is 0 Å². The molecule has 1 nitrogen and oxygen atoms in total. The Hall–Kier alpha value is -0.313. The van der Waals surface area contributed by atoms with Crippen molar-refractivity contribution < 1.29 is 35.5 Å². The van der Waals surface area contributed by atoms with E-state index >= 15 is 0 Å². The SMILES string of the molecule is C[Si](C)([O])CCC(F)(F)C(F)(F)C(F)(F)F. The summed E-state index contributed by atoms with van der Waals surface area (Å²) in [4.78, 5) is 11.0. The first-order chi connectivity index (χ1) is 6.71. The van der Waals surface area contributed by atoms with Gasteiger partial charge in [-0.1, -0.05) is 0 Å². The highest BCUT2D eigenvalue weighted by Crippen LogP contribution is 2.48. The molecule has 97 valence electrons. The van der Waals surface area contributed by atoms with Crippen molar-refractivity contribution in [2.75, 3.05) is 0 Å². The lowest BCUT2D eigenvalue weighted by Crippen LogP contribution is -2.52. The van der Waals surface area contributed by atoms with Crippen molar-refractivity contribution in [2.45, 2.75) is 43.6 Å². The van der Waals surface area contributed by atoms with Gasteiger partial charge in [0.05, 0.1) is 0 Å². The molecule has 9 heteroatoms. The van der Waals surface area contributed by atoms with Gasteiger partial charge in [-0.2, -0.15) is 30.7 Å². The minimum atomic E-state index is -6.31. The van der Waals surface area contributed by atoms with Crippen molar-refractivity contribution in [2.24, 2.45) is 0 Å². The molecular formula is C7H10F7OSi. The fourth-order valence-corrected chi connectivity index (χ4v) is 1.74. The maximum atomic E-state index is 12.6. The highest BCUT2D eigenvalue weighted by Gasteiger charge is 2.72. The highest BCUT2D eigenvalue weighted by molar-refractivity contribution is 6.69. The largest absolute Gasteiger partial charge is 0.459 e. The number of alkyl halides is 7. The summed E-state index contributed by atoms with van der Waals surface area (Å²) in [5.74, 6) is -11.3. The predicted octanol–water partition coefficient (Wildman–Crippen LogP) is 3.85. The van der Waals surface area contributed by atoms with Crippen molar-refractivity contribution in [3.05, 3.63) is 0 Å². The summed E-state index contributed by atoms with van der Waals surface area (Å²) >= 11 is 0. The van der Waals surface area contributed by atoms with E-state index in [0.29, 0.717) is 0 Å². The molecule has 0 amide bonds. The van der Waals surface area contributed by atoms with Gasteiger partial charge in [0.2, 0.25) is 8.32 Å². The molecule has 0 rings (SSSR count). The van der Waals surface area contributed by atoms with Crippen LogP contribution in [0.2, 0.25) is 19.1 Å². The first-order valence-corrected chi connectivity index (χ1v) is 7.35. The van der Waals surface area contributed by atoms with Crippen molar-refractivity contribution in [3.63, 3.8) is 0 Å². The first kappa shape index (κ1) is 15.7. The third-order valence-corrected chi connectivity index (χ3v) is 3.31. The third-order valence-electron chi connectivity index (χ3n) is 1.86. The summed E-state index contributed by atoms with van der Waals surface area (Å²) < 4.78 is 84.9. The van der Waals surface area contributed by atoms with Gasteiger partial charge in [-0.25, -0.2) is 0 Å². The Labute approximate surface area is 88.4 Å². The van der Waals surface area contributed by atoms with E-state index in [2.05, 4.69) is 0 Å². The van der Waals surface area contributed by atoms with E-state index in [1.165, 1.54) is 0 Å². The maximum absolute atomic E-state index is 12.6. The van der Waals surface area contributed by atoms with E-state index in [-0.39, 0.29) is 0 Å². The van der Waals surface area contributed by atoms with Crippen LogP contribution >= 0.6 is 0 Å². The van der Waals surface area contributed by atoms with Crippen LogP contribution in [0, 0.1) is 0 Å². The minimum absolute atomic E-state index is 0.842. The Kier molecular flexibility index (Phi) is 4.09. The fourth-order valence-electron chi connectivity index (χ4n) is 0.822. The quantitative estimate of drug-likeness (QED) is 0.547. The van der Waals surface area contributed by atoms with Crippen molar-refractivity contribution >= 4 is 8.32 Å². The molecule has 0 atom stereocenters. The van der Waals surface area contributed by atoms with Gasteiger partial charge >= 0.3 is 18.0 Å². The normalized spacial score (nSPS) is 15.4. The second-order valence-electron chi connectivity index (χ2n) is 4.04. The Morgan fingerprint density at radius 3 is 1.56 bits per heavy atom. The maximum Gasteiger partial charge on any atom is 0.459 e. The molecule has 0 N–H and O–H groups in total. The second kappa shape index (κ2) is 4.17. The first-order valence-electron chi connectivity index (χ1n) is 4.23. The summed E-state index contributed by atoms with van der Waals surface area (Å²) in [6.07, 6.45) is -8.06. The van der Waals surface area contributed by atoms with Gasteiger partial charge in [-0.3, -0.25) is 4.80 Å². The smallest absolute Gasteiger partial charge is 0.298 e. The molecule has 0 aliphatic rings. The lowest BCUT2D eigenvalue weighted by Gasteiger charge is -2.29. The Balaban J connectivity index is 4.79. The fraction of sp³-hybridized carbons (Fsp3) is 1.00. The van der Waals surface area contributed by atoms with Crippen LogP contribution in [0.15, 0.2) is 0 Å². The molecule has 0 bridgehead atoms. The number of hydrogen-bond donors (Lipinski definition) is 0. The molecule has 16 heavy (non-hydrogen) atoms. The van der Waals surface area contributed by atoms with Gasteiger partial charge in [0, 0.05) is 6.42 Å². The summed E-state index contributed by atoms with van der Waals surface area (Å²) in [6, 6.07) is -0.842. The Bertz CT molecular complexity index is 242. The molecule has 0 aliphatic carbocycles. The zero-order valence-electron chi connectivity index (χ0n) is 8.47. The topological polar surface area (TPSA) is 19.9 Å². The molecule has 1 radical (unpaired) electrons. The molecule has 0 fully saturated rings. The monoisotopic (exact) mass is 271 g/mol. The van der Waals surface area contributed by atoms with Gasteiger partial charge < -0.3 is 0 Å². The van der Waals surface area contributed by atoms with Crippen LogP contribution in [0.1, 0.15) is 6.42 Å². The van der Waals surface area contributed by atoms with Crippen LogP contribution in [-0.2, 0) is 4.80 Å². The van der Waals surface area contributed by atoms with E-state index in [1.807, 2.05) is 0 Å². The van der Waals surface area contributed by atoms with Gasteiger partial charge in [0.15, 0.2) is 0 Å². The molecule has 0 saturated heterocycles. The molecule has 0 aliphatic heterocycles. The number of hydrogen-bond acceptors (Lipinski definition) is 0. The van der Waals surface area contributed by atoms with Crippen molar-refractivity contribution in [3.8, 4) is 0 Å². The number of halogens is 7. The van der Waals surface area contributed by atoms with E-state index in [0.717, 1.165) is 13.1 Å². The highest BCUT2D eigenvalue weighted by atomic mass is 28.4. The van der Waals surface area contributed by atoms with Crippen LogP contribution in [0.5, 0.6) is 0 Å². The zero-order valence-corrected chi connectivity index (χ0v) is 9.47. The third kappa shape index (κ3) is 3.61. The van der Waals surface area contributed by atoms with Gasteiger partial charge in [-0.05, 0) is 19.1 Å². The van der Waals surface area contributed by atoms with Crippen LogP contribution in [-0.4, -0.2) is 26.3 Å². The van der Waals surface area contributed by atoms with Gasteiger partial charge in [-0.15, -0.1) is 0 Å². The summed E-state index contributed by atoms with van der Waals surface area (Å²) in [6.45, 7) is 2.13. The van der Waals surface area contributed by atoms with E-state index in [1.54, 1.807) is 0 Å². The predicted molar refractivity (Wildman–Crippen MR) is 43.5 cm³/mol. The summed E-state index contributed by atoms with van der Waals surface area (Å²) in [5, 5.41) is 0. The molecule has 0 unspecified atom stereocenters. The lowest BCUT2D eigenvalue weighted by molar-refractivity contribution is -0.354. The molecule has 0 saturated carbocycles. The molecule has 0 spiro atoms. The van der Waals surface area contributed by atoms with Gasteiger partial charge in [0.1, 0.15) is 0 Å².